The zero-order valence-corrected chi connectivity index (χ0v) is 11.2. The van der Waals surface area contributed by atoms with Gasteiger partial charge >= 0.3 is 0 Å². The number of aliphatic hydroxyl groups is 1. The van der Waals surface area contributed by atoms with E-state index < -0.39 is 10.0 Å². The summed E-state index contributed by atoms with van der Waals surface area (Å²) >= 11 is 0. The van der Waals surface area contributed by atoms with Gasteiger partial charge in [-0.05, 0) is 18.2 Å². The fourth-order valence-corrected chi connectivity index (χ4v) is 2.51. The molecule has 2 N–H and O–H groups in total. The number of benzene rings is 1. The summed E-state index contributed by atoms with van der Waals surface area (Å²) in [4.78, 5) is 0.103. The molecule has 0 aliphatic carbocycles. The van der Waals surface area contributed by atoms with E-state index in [1.807, 2.05) is 0 Å². The Balaban J connectivity index is 2.16. The second-order valence-electron chi connectivity index (χ2n) is 3.80. The van der Waals surface area contributed by atoms with E-state index in [9.17, 15) is 8.42 Å². The number of aromatic nitrogens is 1. The minimum atomic E-state index is -3.65. The van der Waals surface area contributed by atoms with Crippen molar-refractivity contribution in [2.45, 2.75) is 11.4 Å². The average Bonchev–Trinajstić information content (AvgIpc) is 2.97. The first-order valence-electron chi connectivity index (χ1n) is 5.70. The van der Waals surface area contributed by atoms with Crippen molar-refractivity contribution in [1.82, 2.24) is 9.88 Å². The monoisotopic (exact) mass is 292 g/mol. The molecule has 2 rings (SSSR count). The van der Waals surface area contributed by atoms with Gasteiger partial charge in [0.25, 0.3) is 0 Å². The van der Waals surface area contributed by atoms with Crippen LogP contribution in [0.4, 0.5) is 0 Å². The largest absolute Gasteiger partial charge is 0.384 e. The predicted molar refractivity (Wildman–Crippen MR) is 70.9 cm³/mol. The maximum Gasteiger partial charge on any atom is 0.240 e. The summed E-state index contributed by atoms with van der Waals surface area (Å²) < 4.78 is 31.2. The average molecular weight is 292 g/mol. The zero-order chi connectivity index (χ0) is 14.4. The first-order chi connectivity index (χ1) is 9.62. The lowest BCUT2D eigenvalue weighted by Crippen LogP contribution is -2.23. The molecule has 0 aliphatic heterocycles. The topological polar surface area (TPSA) is 92.4 Å². The van der Waals surface area contributed by atoms with Crippen molar-refractivity contribution in [3.05, 3.63) is 47.9 Å². The molecule has 2 aromatic rings. The molecule has 0 fully saturated rings. The summed E-state index contributed by atoms with van der Waals surface area (Å²) in [5.74, 6) is 5.12. The summed E-state index contributed by atoms with van der Waals surface area (Å²) in [6.45, 7) is -0.229. The number of sulfonamides is 1. The molecule has 104 valence electrons. The molecule has 0 radical (unpaired) electrons. The van der Waals surface area contributed by atoms with Crippen LogP contribution in [0, 0.1) is 11.8 Å². The predicted octanol–water partition coefficient (Wildman–Crippen LogP) is 0.497. The number of hydrogen-bond acceptors (Lipinski definition) is 5. The molecule has 0 atom stereocenters. The minimum absolute atomic E-state index is 0.0470. The van der Waals surface area contributed by atoms with Crippen LogP contribution in [-0.2, 0) is 16.6 Å². The molecule has 0 aliphatic rings. The van der Waals surface area contributed by atoms with Crippen LogP contribution >= 0.6 is 0 Å². The van der Waals surface area contributed by atoms with Crippen molar-refractivity contribution in [3.8, 4) is 11.8 Å². The van der Waals surface area contributed by atoms with Crippen LogP contribution in [0.2, 0.25) is 0 Å². The first kappa shape index (κ1) is 14.3. The summed E-state index contributed by atoms with van der Waals surface area (Å²) in [6, 6.07) is 7.74. The van der Waals surface area contributed by atoms with Crippen molar-refractivity contribution in [3.63, 3.8) is 0 Å². The van der Waals surface area contributed by atoms with Gasteiger partial charge in [0.05, 0.1) is 17.1 Å². The minimum Gasteiger partial charge on any atom is -0.384 e. The molecular formula is C13H12N2O4S. The van der Waals surface area contributed by atoms with Gasteiger partial charge in [-0.25, -0.2) is 13.1 Å². The lowest BCUT2D eigenvalue weighted by molar-refractivity contribution is 0.350. The Kier molecular flexibility index (Phi) is 4.53. The Bertz CT molecular complexity index is 727. The molecule has 6 nitrogen and oxygen atoms in total. The SMILES string of the molecule is O=S(=O)(NCc1ccon1)c1cccc(C#CCO)c1. The Labute approximate surface area is 116 Å². The van der Waals surface area contributed by atoms with Crippen molar-refractivity contribution >= 4 is 10.0 Å². The van der Waals surface area contributed by atoms with Crippen molar-refractivity contribution in [2.75, 3.05) is 6.61 Å². The van der Waals surface area contributed by atoms with Gasteiger partial charge in [-0.3, -0.25) is 0 Å². The lowest BCUT2D eigenvalue weighted by Gasteiger charge is -2.05. The Hall–Kier alpha value is -2.14. The first-order valence-corrected chi connectivity index (χ1v) is 7.19. The van der Waals surface area contributed by atoms with E-state index in [2.05, 4.69) is 26.2 Å². The zero-order valence-electron chi connectivity index (χ0n) is 10.4. The van der Waals surface area contributed by atoms with Crippen LogP contribution in [0.15, 0.2) is 46.0 Å². The summed E-state index contributed by atoms with van der Waals surface area (Å²) in [5, 5.41) is 12.2. The second kappa shape index (κ2) is 6.34. The van der Waals surface area contributed by atoms with Gasteiger partial charge in [0, 0.05) is 11.6 Å². The third-order valence-corrected chi connectivity index (χ3v) is 3.79. The number of nitrogens with zero attached hydrogens (tertiary/aromatic N) is 1. The number of hydrogen-bond donors (Lipinski definition) is 2. The van der Waals surface area contributed by atoms with Crippen molar-refractivity contribution in [2.24, 2.45) is 0 Å². The van der Waals surface area contributed by atoms with E-state index in [4.69, 9.17) is 5.11 Å². The van der Waals surface area contributed by atoms with Gasteiger partial charge in [0.15, 0.2) is 0 Å². The molecule has 1 heterocycles. The highest BCUT2D eigenvalue weighted by molar-refractivity contribution is 7.89. The van der Waals surface area contributed by atoms with E-state index in [-0.39, 0.29) is 18.0 Å². The number of nitrogens with one attached hydrogen (secondary N) is 1. The fraction of sp³-hybridized carbons (Fsp3) is 0.154. The Morgan fingerprint density at radius 2 is 2.20 bits per heavy atom. The molecule has 7 heteroatoms. The van der Waals surface area contributed by atoms with E-state index in [1.54, 1.807) is 18.2 Å². The molecule has 0 unspecified atom stereocenters. The van der Waals surface area contributed by atoms with Gasteiger partial charge < -0.3 is 9.63 Å². The second-order valence-corrected chi connectivity index (χ2v) is 5.57. The van der Waals surface area contributed by atoms with E-state index in [0.29, 0.717) is 11.3 Å². The van der Waals surface area contributed by atoms with Crippen molar-refractivity contribution < 1.29 is 18.0 Å². The van der Waals surface area contributed by atoms with Gasteiger partial charge in [-0.1, -0.05) is 23.1 Å². The van der Waals surface area contributed by atoms with Crippen LogP contribution in [0.25, 0.3) is 0 Å². The standard InChI is InChI=1S/C13H12N2O4S/c16-7-2-4-11-3-1-5-13(9-11)20(17,18)14-10-12-6-8-19-15-12/h1,3,5-6,8-9,14,16H,7,10H2. The maximum atomic E-state index is 12.1. The maximum absolute atomic E-state index is 12.1. The molecule has 0 saturated carbocycles. The normalized spacial score (nSPS) is 10.8. The highest BCUT2D eigenvalue weighted by Gasteiger charge is 2.14. The van der Waals surface area contributed by atoms with Crippen LogP contribution in [-0.4, -0.2) is 25.3 Å². The van der Waals surface area contributed by atoms with E-state index >= 15 is 0 Å². The molecular weight excluding hydrogens is 280 g/mol. The van der Waals surface area contributed by atoms with E-state index in [1.165, 1.54) is 18.4 Å². The molecule has 1 aromatic heterocycles. The summed E-state index contributed by atoms with van der Waals surface area (Å²) in [7, 11) is -3.65. The molecule has 0 saturated heterocycles. The smallest absolute Gasteiger partial charge is 0.240 e. The van der Waals surface area contributed by atoms with Gasteiger partial charge in [-0.15, -0.1) is 0 Å². The number of rotatable bonds is 4. The van der Waals surface area contributed by atoms with Gasteiger partial charge in [0.1, 0.15) is 12.9 Å². The Morgan fingerprint density at radius 3 is 2.90 bits per heavy atom. The number of aliphatic hydroxyl groups excluding tert-OH is 1. The fourth-order valence-electron chi connectivity index (χ4n) is 1.46. The molecule has 1 aromatic carbocycles. The Morgan fingerprint density at radius 1 is 1.35 bits per heavy atom. The third kappa shape index (κ3) is 3.68. The van der Waals surface area contributed by atoms with Crippen LogP contribution in [0.1, 0.15) is 11.3 Å². The highest BCUT2D eigenvalue weighted by Crippen LogP contribution is 2.11. The lowest BCUT2D eigenvalue weighted by atomic mass is 10.2. The summed E-state index contributed by atoms with van der Waals surface area (Å²) in [6.07, 6.45) is 1.37. The quantitative estimate of drug-likeness (QED) is 0.800. The van der Waals surface area contributed by atoms with Gasteiger partial charge in [0.2, 0.25) is 10.0 Å². The van der Waals surface area contributed by atoms with E-state index in [0.717, 1.165) is 0 Å². The molecule has 0 bridgehead atoms. The van der Waals surface area contributed by atoms with Crippen LogP contribution in [0.3, 0.4) is 0 Å². The van der Waals surface area contributed by atoms with Crippen LogP contribution < -0.4 is 4.72 Å². The summed E-state index contributed by atoms with van der Waals surface area (Å²) in [5.41, 5.74) is 1.01. The van der Waals surface area contributed by atoms with Crippen molar-refractivity contribution in [1.29, 1.82) is 0 Å². The third-order valence-electron chi connectivity index (χ3n) is 2.39. The molecule has 20 heavy (non-hydrogen) atoms. The molecule has 0 amide bonds. The highest BCUT2D eigenvalue weighted by atomic mass is 32.2. The van der Waals surface area contributed by atoms with Gasteiger partial charge in [-0.2, -0.15) is 0 Å². The molecule has 0 spiro atoms. The van der Waals surface area contributed by atoms with Crippen LogP contribution in [0.5, 0.6) is 0 Å².